The molecule has 0 saturated heterocycles. The van der Waals surface area contributed by atoms with E-state index in [0.717, 1.165) is 16.9 Å². The Morgan fingerprint density at radius 3 is 1.53 bits per heavy atom. The van der Waals surface area contributed by atoms with Crippen LogP contribution in [0.5, 0.6) is 11.5 Å². The molecule has 0 amide bonds. The van der Waals surface area contributed by atoms with Crippen LogP contribution in [0.3, 0.4) is 0 Å². The van der Waals surface area contributed by atoms with Gasteiger partial charge in [0, 0.05) is 0 Å². The number of benzene rings is 2. The summed E-state index contributed by atoms with van der Waals surface area (Å²) < 4.78 is 5.12. The van der Waals surface area contributed by atoms with Gasteiger partial charge in [0.25, 0.3) is 0 Å². The molecule has 0 aliphatic heterocycles. The monoisotopic (exact) mass is 230 g/mol. The van der Waals surface area contributed by atoms with Gasteiger partial charge in [-0.15, -0.1) is 0 Å². The van der Waals surface area contributed by atoms with Crippen LogP contribution in [0.1, 0.15) is 0 Å². The summed E-state index contributed by atoms with van der Waals surface area (Å²) in [5.41, 5.74) is 2.26. The first-order chi connectivity index (χ1) is 8.33. The maximum absolute atomic E-state index is 5.12. The van der Waals surface area contributed by atoms with E-state index in [1.807, 2.05) is 48.5 Å². The Morgan fingerprint density at radius 1 is 0.647 bits per heavy atom. The molecule has 0 saturated carbocycles. The minimum atomic E-state index is 0.685. The zero-order valence-corrected chi connectivity index (χ0v) is 9.84. The molecule has 0 spiro atoms. The molecule has 0 unspecified atom stereocenters. The van der Waals surface area contributed by atoms with Crippen molar-refractivity contribution in [3.8, 4) is 22.6 Å². The van der Waals surface area contributed by atoms with Gasteiger partial charge in [0.1, 0.15) is 5.75 Å². The van der Waals surface area contributed by atoms with Crippen molar-refractivity contribution in [2.75, 3.05) is 14.2 Å². The lowest BCUT2D eigenvalue weighted by Crippen LogP contribution is -1.89. The molecule has 0 N–H and O–H groups in total. The molecule has 0 aliphatic rings. The highest BCUT2D eigenvalue weighted by atomic mass is 17.2. The lowest BCUT2D eigenvalue weighted by Gasteiger charge is -2.05. The third-order valence-electron chi connectivity index (χ3n) is 2.46. The van der Waals surface area contributed by atoms with Gasteiger partial charge in [0.15, 0.2) is 5.75 Å². The van der Waals surface area contributed by atoms with Crippen molar-refractivity contribution in [3.05, 3.63) is 48.5 Å². The summed E-state index contributed by atoms with van der Waals surface area (Å²) in [6, 6.07) is 15.6. The molecule has 0 fully saturated rings. The van der Waals surface area contributed by atoms with Crippen molar-refractivity contribution in [2.45, 2.75) is 0 Å². The Hall–Kier alpha value is -2.00. The predicted molar refractivity (Wildman–Crippen MR) is 66.1 cm³/mol. The highest BCUT2D eigenvalue weighted by Crippen LogP contribution is 2.24. The van der Waals surface area contributed by atoms with Crippen LogP contribution in [-0.2, 0) is 4.89 Å². The minimum absolute atomic E-state index is 0.685. The summed E-state index contributed by atoms with van der Waals surface area (Å²) in [6.45, 7) is 0. The second-order valence-electron chi connectivity index (χ2n) is 3.50. The lowest BCUT2D eigenvalue weighted by molar-refractivity contribution is -0.178. The fourth-order valence-electron chi connectivity index (χ4n) is 1.58. The molecular formula is C14H14O3. The lowest BCUT2D eigenvalue weighted by atomic mass is 10.1. The van der Waals surface area contributed by atoms with E-state index in [1.165, 1.54) is 7.11 Å². The second kappa shape index (κ2) is 5.37. The van der Waals surface area contributed by atoms with Crippen molar-refractivity contribution in [3.63, 3.8) is 0 Å². The summed E-state index contributed by atoms with van der Waals surface area (Å²) in [5.74, 6) is 1.54. The van der Waals surface area contributed by atoms with Gasteiger partial charge in [-0.1, -0.05) is 24.3 Å². The molecule has 0 bridgehead atoms. The molecule has 3 heteroatoms. The summed E-state index contributed by atoms with van der Waals surface area (Å²) in [7, 11) is 3.14. The van der Waals surface area contributed by atoms with E-state index < -0.39 is 0 Å². The van der Waals surface area contributed by atoms with Crippen LogP contribution in [0, 0.1) is 0 Å². The van der Waals surface area contributed by atoms with Crippen LogP contribution >= 0.6 is 0 Å². The Kier molecular flexibility index (Phi) is 3.62. The number of hydrogen-bond donors (Lipinski definition) is 0. The van der Waals surface area contributed by atoms with Gasteiger partial charge in [-0.25, -0.2) is 0 Å². The Labute approximate surface area is 100 Å². The first-order valence-corrected chi connectivity index (χ1v) is 5.28. The molecule has 0 aromatic heterocycles. The zero-order valence-electron chi connectivity index (χ0n) is 9.84. The number of hydrogen-bond acceptors (Lipinski definition) is 3. The summed E-state index contributed by atoms with van der Waals surface area (Å²) >= 11 is 0. The van der Waals surface area contributed by atoms with Crippen LogP contribution in [-0.4, -0.2) is 14.2 Å². The summed E-state index contributed by atoms with van der Waals surface area (Å²) in [4.78, 5) is 9.50. The van der Waals surface area contributed by atoms with E-state index in [-0.39, 0.29) is 0 Å². The van der Waals surface area contributed by atoms with E-state index in [0.29, 0.717) is 5.75 Å². The molecule has 17 heavy (non-hydrogen) atoms. The highest BCUT2D eigenvalue weighted by Gasteiger charge is 1.99. The molecule has 2 rings (SSSR count). The highest BCUT2D eigenvalue weighted by molar-refractivity contribution is 5.64. The van der Waals surface area contributed by atoms with E-state index in [4.69, 9.17) is 9.62 Å². The first-order valence-electron chi connectivity index (χ1n) is 5.28. The molecule has 3 nitrogen and oxygen atoms in total. The molecule has 88 valence electrons. The van der Waals surface area contributed by atoms with Crippen LogP contribution in [0.15, 0.2) is 48.5 Å². The topological polar surface area (TPSA) is 27.7 Å². The van der Waals surface area contributed by atoms with Crippen molar-refractivity contribution >= 4 is 0 Å². The van der Waals surface area contributed by atoms with Gasteiger partial charge in [-0.05, 0) is 35.4 Å². The molecule has 0 radical (unpaired) electrons. The van der Waals surface area contributed by atoms with E-state index in [9.17, 15) is 0 Å². The Balaban J connectivity index is 2.20. The molecule has 0 aliphatic carbocycles. The average molecular weight is 230 g/mol. The summed E-state index contributed by atoms with van der Waals surface area (Å²) in [5, 5.41) is 0. The van der Waals surface area contributed by atoms with Crippen molar-refractivity contribution in [1.82, 2.24) is 0 Å². The van der Waals surface area contributed by atoms with E-state index >= 15 is 0 Å². The van der Waals surface area contributed by atoms with Crippen LogP contribution in [0.2, 0.25) is 0 Å². The second-order valence-corrected chi connectivity index (χ2v) is 3.50. The van der Waals surface area contributed by atoms with Gasteiger partial charge in [-0.3, -0.25) is 0 Å². The molecule has 2 aromatic carbocycles. The molecule has 0 heterocycles. The fourth-order valence-corrected chi connectivity index (χ4v) is 1.58. The SMILES string of the molecule is COOc1ccc(-c2ccc(OC)cc2)cc1. The van der Waals surface area contributed by atoms with Crippen LogP contribution in [0.25, 0.3) is 11.1 Å². The van der Waals surface area contributed by atoms with Gasteiger partial charge >= 0.3 is 0 Å². The molecule has 2 aromatic rings. The third-order valence-corrected chi connectivity index (χ3v) is 2.46. The maximum atomic E-state index is 5.12. The standard InChI is InChI=1S/C14H14O3/c1-15-13-7-3-11(4-8-13)12-5-9-14(10-6-12)17-16-2/h3-10H,1-2H3. The zero-order chi connectivity index (χ0) is 12.1. The molecule has 0 atom stereocenters. The van der Waals surface area contributed by atoms with Crippen molar-refractivity contribution in [1.29, 1.82) is 0 Å². The van der Waals surface area contributed by atoms with Gasteiger partial charge < -0.3 is 9.62 Å². The largest absolute Gasteiger partial charge is 0.497 e. The minimum Gasteiger partial charge on any atom is -0.497 e. The summed E-state index contributed by atoms with van der Waals surface area (Å²) in [6.07, 6.45) is 0. The predicted octanol–water partition coefficient (Wildman–Crippen LogP) is 3.30. The third kappa shape index (κ3) is 2.77. The normalized spacial score (nSPS) is 10.0. The fraction of sp³-hybridized carbons (Fsp3) is 0.143. The number of methoxy groups -OCH3 is 1. The quantitative estimate of drug-likeness (QED) is 0.595. The Morgan fingerprint density at radius 2 is 1.12 bits per heavy atom. The van der Waals surface area contributed by atoms with E-state index in [1.54, 1.807) is 7.11 Å². The van der Waals surface area contributed by atoms with Gasteiger partial charge in [-0.2, -0.15) is 4.89 Å². The number of rotatable bonds is 4. The van der Waals surface area contributed by atoms with Crippen molar-refractivity contribution in [2.24, 2.45) is 0 Å². The number of ether oxygens (including phenoxy) is 1. The molecular weight excluding hydrogens is 216 g/mol. The first kappa shape index (κ1) is 11.5. The van der Waals surface area contributed by atoms with Gasteiger partial charge in [0.2, 0.25) is 0 Å². The van der Waals surface area contributed by atoms with Crippen LogP contribution < -0.4 is 9.62 Å². The van der Waals surface area contributed by atoms with E-state index in [2.05, 4.69) is 4.89 Å². The Bertz CT molecular complexity index is 460. The van der Waals surface area contributed by atoms with Gasteiger partial charge in [0.05, 0.1) is 14.2 Å². The smallest absolute Gasteiger partial charge is 0.165 e. The average Bonchev–Trinajstić information content (AvgIpc) is 2.40. The van der Waals surface area contributed by atoms with Crippen LogP contribution in [0.4, 0.5) is 0 Å². The maximum Gasteiger partial charge on any atom is 0.165 e. The van der Waals surface area contributed by atoms with Crippen molar-refractivity contribution < 1.29 is 14.5 Å².